The van der Waals surface area contributed by atoms with Crippen molar-refractivity contribution in [2.24, 2.45) is 0 Å². The molecule has 0 aliphatic heterocycles. The zero-order valence-electron chi connectivity index (χ0n) is 23.4. The van der Waals surface area contributed by atoms with Gasteiger partial charge in [-0.05, 0) is 0 Å². The van der Waals surface area contributed by atoms with Crippen LogP contribution in [0.2, 0.25) is 0 Å². The molecule has 0 bridgehead atoms. The van der Waals surface area contributed by atoms with E-state index in [1.807, 2.05) is 0 Å². The molecule has 0 saturated heterocycles. The van der Waals surface area contributed by atoms with Crippen molar-refractivity contribution < 1.29 is 409 Å². The molecule has 0 rings (SSSR count). The van der Waals surface area contributed by atoms with E-state index in [1.165, 1.54) is 0 Å². The summed E-state index contributed by atoms with van der Waals surface area (Å²) < 4.78 is 164. The van der Waals surface area contributed by atoms with Gasteiger partial charge in [-0.3, -0.25) is 0 Å². The maximum absolute atomic E-state index is 8.88. The second-order valence-electron chi connectivity index (χ2n) is 1.74. The summed E-state index contributed by atoms with van der Waals surface area (Å²) in [6, 6.07) is 0. The van der Waals surface area contributed by atoms with E-state index >= 15 is 0 Å². The standard InChI is InChI=1S/H3O4P.18H2O.18O.12W/c1-5(2,3)4;;;;;;;;;;;;;;;;;;;;;;;;;;;;;;;;;;;;;;;;;;;;;;;;/h(H3,1,2,3,4);18*1H2;;;;;;;;;;;;;;;;;;;;;;;;;;;;;;. The van der Waals surface area contributed by atoms with Crippen LogP contribution >= 0.6 is 7.82 Å². The molecule has 0 aromatic rings. The van der Waals surface area contributed by atoms with Gasteiger partial charge in [0.1, 0.15) is 0 Å². The Morgan fingerprint density at radius 2 is 0.208 bits per heavy atom. The van der Waals surface area contributed by atoms with E-state index < -0.39 is 111 Å². The average Bonchev–Trinajstić information content (AvgIpc) is 2.18. The van der Waals surface area contributed by atoms with Crippen molar-refractivity contribution in [1.82, 2.24) is 0 Å². The van der Waals surface area contributed by atoms with E-state index in [9.17, 15) is 0 Å². The number of phosphoric acid groups is 1. The molecule has 0 aliphatic rings. The molecule has 0 aromatic carbocycles. The van der Waals surface area contributed by atoms with E-state index in [0.717, 1.165) is 0 Å². The molecular formula is H39O40PW12. The molecule has 0 saturated carbocycles. The maximum Gasteiger partial charge on any atom is 0 e. The molecule has 0 unspecified atom stereocenters. The SMILES string of the molecule is O.O.O.O.O.O.O.O.O.O.O.O.O.O.O.O.O.O.O=P(O)(O)O.[O]=[W](=[O])=[O].[O]=[W](=[O])=[O].[O]=[W](=[O])=[O].[O]=[W](=[O])=[O].[O]=[W](=[O])=[O].[O]=[W](=[O])=[O].[W].[W].[W].[W].[W].[W]. The van der Waals surface area contributed by atoms with Crippen molar-refractivity contribution in [2.75, 3.05) is 0 Å². The third-order valence-electron chi connectivity index (χ3n) is 0. The number of hydrogen-bond acceptors (Lipinski definition) is 19. The zero-order chi connectivity index (χ0) is 26.0. The molecule has 0 fully saturated rings. The molecule has 0 aromatic heterocycles. The fourth-order valence-corrected chi connectivity index (χ4v) is 0. The minimum absolute atomic E-state index is 0. The maximum atomic E-state index is 8.88. The van der Waals surface area contributed by atoms with Crippen LogP contribution in [0.5, 0.6) is 0 Å². The van der Waals surface area contributed by atoms with Crippen molar-refractivity contribution in [3.8, 4) is 0 Å². The summed E-state index contributed by atoms with van der Waals surface area (Å²) in [5, 5.41) is 0. The predicted octanol–water partition coefficient (Wildman–Crippen LogP) is -17.9. The van der Waals surface area contributed by atoms with Gasteiger partial charge in [0, 0.05) is 126 Å². The first-order valence-corrected chi connectivity index (χ1v) is 26.9. The average molecular weight is 2920 g/mol. The van der Waals surface area contributed by atoms with Gasteiger partial charge < -0.3 is 113 Å². The Kier molecular flexibility index (Phi) is 1080. The Bertz CT molecular complexity index is 837. The van der Waals surface area contributed by atoms with Crippen molar-refractivity contribution >= 4 is 7.82 Å². The van der Waals surface area contributed by atoms with Crippen molar-refractivity contribution in [3.05, 3.63) is 0 Å². The van der Waals surface area contributed by atoms with Crippen molar-refractivity contribution in [3.63, 3.8) is 0 Å². The Balaban J connectivity index is -0.00000000342. The molecule has 40 nitrogen and oxygen atoms in total. The van der Waals surface area contributed by atoms with Gasteiger partial charge in [0.05, 0.1) is 0 Å². The van der Waals surface area contributed by atoms with Crippen LogP contribution in [0.4, 0.5) is 0 Å². The Morgan fingerprint density at radius 1 is 0.208 bits per heavy atom. The third-order valence-corrected chi connectivity index (χ3v) is 0. The first kappa shape index (κ1) is 264. The van der Waals surface area contributed by atoms with E-state index in [2.05, 4.69) is 0 Å². The normalized spacial score (nSPS) is 3.83. The van der Waals surface area contributed by atoms with Crippen LogP contribution < -0.4 is 0 Å². The van der Waals surface area contributed by atoms with Crippen LogP contribution in [0.25, 0.3) is 0 Å². The number of hydrogen-bond donors (Lipinski definition) is 3. The Morgan fingerprint density at radius 3 is 0.208 bits per heavy atom. The largest absolute Gasteiger partial charge is 0 e. The van der Waals surface area contributed by atoms with Crippen LogP contribution in [0.15, 0.2) is 0 Å². The second kappa shape index (κ2) is 216. The van der Waals surface area contributed by atoms with Crippen LogP contribution in [0, 0.1) is 0 Å². The minimum Gasteiger partial charge on any atom is 0 e. The van der Waals surface area contributed by atoms with E-state index in [1.54, 1.807) is 0 Å². The monoisotopic (exact) mass is 2920 g/mol. The molecule has 0 aliphatic carbocycles. The van der Waals surface area contributed by atoms with E-state index in [4.69, 9.17) is 80.4 Å². The third kappa shape index (κ3) is 9980. The van der Waals surface area contributed by atoms with Gasteiger partial charge in [-0.1, -0.05) is 0 Å². The molecule has 0 radical (unpaired) electrons. The quantitative estimate of drug-likeness (QED) is 0.190. The van der Waals surface area contributed by atoms with Crippen molar-refractivity contribution in [2.45, 2.75) is 0 Å². The van der Waals surface area contributed by atoms with Gasteiger partial charge >= 0.3 is 172 Å². The van der Waals surface area contributed by atoms with Gasteiger partial charge in [0.25, 0.3) is 0 Å². The van der Waals surface area contributed by atoms with Crippen LogP contribution in [-0.4, -0.2) is 113 Å². The molecule has 39 N–H and O–H groups in total. The van der Waals surface area contributed by atoms with Gasteiger partial charge in [-0.2, -0.15) is 0 Å². The van der Waals surface area contributed by atoms with Crippen LogP contribution in [0.3, 0.4) is 0 Å². The zero-order valence-corrected chi connectivity index (χ0v) is 59.5. The predicted molar refractivity (Wildman–Crippen MR) is 91.7 cm³/mol. The fraction of sp³-hybridized carbons (Fsp3) is 0. The molecule has 0 amide bonds. The first-order chi connectivity index (χ1) is 12.4. The smallest absolute Gasteiger partial charge is 0 e. The molecule has 0 atom stereocenters. The van der Waals surface area contributed by atoms with Gasteiger partial charge in [-0.15, -0.1) is 0 Å². The summed E-state index contributed by atoms with van der Waals surface area (Å²) >= 11 is -25.7. The fourth-order valence-electron chi connectivity index (χ4n) is 0. The van der Waals surface area contributed by atoms with E-state index in [-0.39, 0.29) is 225 Å². The van der Waals surface area contributed by atoms with E-state index in [0.29, 0.717) is 0 Å². The van der Waals surface area contributed by atoms with Gasteiger partial charge in [-0.25, -0.2) is 4.57 Å². The number of rotatable bonds is 0. The van der Waals surface area contributed by atoms with Crippen LogP contribution in [0.1, 0.15) is 0 Å². The summed E-state index contributed by atoms with van der Waals surface area (Å²) in [4.78, 5) is 21.6. The van der Waals surface area contributed by atoms with Crippen molar-refractivity contribution in [1.29, 1.82) is 0 Å². The molecule has 356 valence electrons. The minimum atomic E-state index is -4.64. The summed E-state index contributed by atoms with van der Waals surface area (Å²) in [7, 11) is -4.64. The summed E-state index contributed by atoms with van der Waals surface area (Å²) in [5.41, 5.74) is 0. The molecule has 0 heterocycles. The molecule has 53 heteroatoms. The van der Waals surface area contributed by atoms with Crippen LogP contribution in [-0.2, 0) is 295 Å². The second-order valence-corrected chi connectivity index (χ2v) is 11.6. The first-order valence-electron chi connectivity index (χ1n) is 3.78. The topological polar surface area (TPSA) is 952 Å². The van der Waals surface area contributed by atoms with Gasteiger partial charge in [0.15, 0.2) is 0 Å². The molecule has 0 spiro atoms. The molecule has 53 heavy (non-hydrogen) atoms. The van der Waals surface area contributed by atoms with Gasteiger partial charge in [0.2, 0.25) is 0 Å². The Hall–Kier alpha value is 4.05. The summed E-state index contributed by atoms with van der Waals surface area (Å²) in [6.45, 7) is 0. The summed E-state index contributed by atoms with van der Waals surface area (Å²) in [6.07, 6.45) is 0. The summed E-state index contributed by atoms with van der Waals surface area (Å²) in [5.74, 6) is 0. The molecular weight excluding hydrogens is 2880 g/mol. The Labute approximate surface area is 410 Å².